The van der Waals surface area contributed by atoms with E-state index in [0.717, 1.165) is 11.3 Å². The first-order valence-electron chi connectivity index (χ1n) is 4.49. The predicted octanol–water partition coefficient (Wildman–Crippen LogP) is 3.00. The molecular weight excluding hydrogens is 164 g/mol. The summed E-state index contributed by atoms with van der Waals surface area (Å²) in [5.74, 6) is 1.07. The summed E-state index contributed by atoms with van der Waals surface area (Å²) < 4.78 is 5.26. The molecule has 0 saturated carbocycles. The van der Waals surface area contributed by atoms with Crippen LogP contribution in [0, 0.1) is 0 Å². The van der Waals surface area contributed by atoms with Gasteiger partial charge in [0, 0.05) is 0 Å². The van der Waals surface area contributed by atoms with Gasteiger partial charge in [0.15, 0.2) is 0 Å². The van der Waals surface area contributed by atoms with E-state index in [1.54, 1.807) is 6.08 Å². The number of benzene rings is 1. The van der Waals surface area contributed by atoms with Gasteiger partial charge in [-0.25, -0.2) is 0 Å². The zero-order valence-corrected chi connectivity index (χ0v) is 7.95. The summed E-state index contributed by atoms with van der Waals surface area (Å²) in [7, 11) is 0. The monoisotopic (exact) mass is 178 g/mol. The second kappa shape index (κ2) is 4.55. The van der Waals surface area contributed by atoms with Crippen molar-refractivity contribution in [1.29, 1.82) is 0 Å². The summed E-state index contributed by atoms with van der Waals surface area (Å²) in [6.45, 7) is 4.46. The minimum Gasteiger partial charge on any atom is -0.507 e. The van der Waals surface area contributed by atoms with E-state index in [-0.39, 0.29) is 0 Å². The lowest BCUT2D eigenvalue weighted by molar-refractivity contribution is 0.345. The normalized spacial score (nSPS) is 12.9. The minimum absolute atomic E-state index is 0.312. The average molecular weight is 178 g/mol. The second-order valence-corrected chi connectivity index (χ2v) is 2.40. The predicted molar refractivity (Wildman–Crippen MR) is 53.9 cm³/mol. The van der Waals surface area contributed by atoms with Crippen LogP contribution >= 0.6 is 0 Å². The first kappa shape index (κ1) is 9.65. The van der Waals surface area contributed by atoms with E-state index in [2.05, 4.69) is 0 Å². The number of hydrogen-bond acceptors (Lipinski definition) is 2. The average Bonchev–Trinajstić information content (AvgIpc) is 2.22. The fourth-order valence-electron chi connectivity index (χ4n) is 1.12. The maximum absolute atomic E-state index is 9.34. The third kappa shape index (κ3) is 2.02. The van der Waals surface area contributed by atoms with Crippen LogP contribution in [0.15, 0.2) is 30.3 Å². The highest BCUT2D eigenvalue weighted by atomic mass is 16.5. The van der Waals surface area contributed by atoms with E-state index in [1.165, 1.54) is 0 Å². The van der Waals surface area contributed by atoms with Gasteiger partial charge >= 0.3 is 0 Å². The van der Waals surface area contributed by atoms with Crippen LogP contribution in [0.1, 0.15) is 19.4 Å². The molecule has 13 heavy (non-hydrogen) atoms. The van der Waals surface area contributed by atoms with Crippen molar-refractivity contribution in [2.75, 3.05) is 6.61 Å². The maximum Gasteiger partial charge on any atom is 0.130 e. The maximum atomic E-state index is 9.34. The van der Waals surface area contributed by atoms with Gasteiger partial charge in [0.25, 0.3) is 0 Å². The molecule has 1 aliphatic rings. The van der Waals surface area contributed by atoms with E-state index in [1.807, 2.05) is 38.1 Å². The van der Waals surface area contributed by atoms with Crippen molar-refractivity contribution in [3.63, 3.8) is 0 Å². The molecule has 1 heterocycles. The van der Waals surface area contributed by atoms with Gasteiger partial charge in [0.2, 0.25) is 0 Å². The molecule has 1 aromatic rings. The molecule has 1 N–H and O–H groups in total. The van der Waals surface area contributed by atoms with E-state index in [0.29, 0.717) is 12.4 Å². The van der Waals surface area contributed by atoms with Crippen LogP contribution in [-0.2, 0) is 0 Å². The minimum atomic E-state index is 0.312. The topological polar surface area (TPSA) is 29.5 Å². The smallest absolute Gasteiger partial charge is 0.130 e. The molecule has 0 saturated heterocycles. The number of aliphatic hydroxyl groups excluding tert-OH is 1. The standard InChI is InChI=1S/C9H8O2.C2H6/c10-8-5-6-11-9-4-2-1-3-7(8)9;1-2/h1-5,10H,6H2;1-2H3. The largest absolute Gasteiger partial charge is 0.507 e. The van der Waals surface area contributed by atoms with Gasteiger partial charge in [-0.2, -0.15) is 0 Å². The first-order chi connectivity index (χ1) is 6.38. The van der Waals surface area contributed by atoms with Crippen molar-refractivity contribution in [2.45, 2.75) is 13.8 Å². The zero-order valence-electron chi connectivity index (χ0n) is 7.95. The first-order valence-corrected chi connectivity index (χ1v) is 4.49. The molecule has 0 radical (unpaired) electrons. The Hall–Kier alpha value is -1.44. The number of aliphatic hydroxyl groups is 1. The van der Waals surface area contributed by atoms with Crippen molar-refractivity contribution in [3.05, 3.63) is 35.9 Å². The van der Waals surface area contributed by atoms with E-state index in [4.69, 9.17) is 4.74 Å². The summed E-state index contributed by atoms with van der Waals surface area (Å²) in [4.78, 5) is 0. The Morgan fingerprint density at radius 1 is 1.23 bits per heavy atom. The van der Waals surface area contributed by atoms with E-state index < -0.39 is 0 Å². The number of para-hydroxylation sites is 1. The zero-order chi connectivity index (χ0) is 9.68. The summed E-state index contributed by atoms with van der Waals surface area (Å²) in [5.41, 5.74) is 0.777. The Bertz CT molecular complexity index is 303. The molecule has 0 fully saturated rings. The van der Waals surface area contributed by atoms with E-state index in [9.17, 15) is 5.11 Å². The molecule has 0 spiro atoms. The number of hydrogen-bond donors (Lipinski definition) is 1. The fourth-order valence-corrected chi connectivity index (χ4v) is 1.12. The van der Waals surface area contributed by atoms with Crippen LogP contribution in [0.5, 0.6) is 5.75 Å². The molecule has 1 aromatic carbocycles. The molecule has 0 aromatic heterocycles. The second-order valence-electron chi connectivity index (χ2n) is 2.40. The van der Waals surface area contributed by atoms with Gasteiger partial charge in [0.05, 0.1) is 5.56 Å². The summed E-state index contributed by atoms with van der Waals surface area (Å²) in [6, 6.07) is 7.44. The van der Waals surface area contributed by atoms with Crippen LogP contribution < -0.4 is 4.74 Å². The molecule has 2 rings (SSSR count). The third-order valence-electron chi connectivity index (χ3n) is 1.68. The highest BCUT2D eigenvalue weighted by Crippen LogP contribution is 2.26. The number of ether oxygens (including phenoxy) is 1. The lowest BCUT2D eigenvalue weighted by atomic mass is 10.1. The van der Waals surface area contributed by atoms with Gasteiger partial charge in [-0.05, 0) is 18.2 Å². The van der Waals surface area contributed by atoms with Crippen LogP contribution in [-0.4, -0.2) is 11.7 Å². The Morgan fingerprint density at radius 3 is 2.62 bits per heavy atom. The van der Waals surface area contributed by atoms with Gasteiger partial charge in [0.1, 0.15) is 18.1 Å². The number of fused-ring (bicyclic) bond motifs is 1. The third-order valence-corrected chi connectivity index (χ3v) is 1.68. The Labute approximate surface area is 78.5 Å². The molecule has 70 valence electrons. The van der Waals surface area contributed by atoms with Crippen LogP contribution in [0.3, 0.4) is 0 Å². The van der Waals surface area contributed by atoms with Gasteiger partial charge in [-0.15, -0.1) is 0 Å². The Morgan fingerprint density at radius 2 is 1.92 bits per heavy atom. The summed E-state index contributed by atoms with van der Waals surface area (Å²) >= 11 is 0. The van der Waals surface area contributed by atoms with Crippen LogP contribution in [0.2, 0.25) is 0 Å². The van der Waals surface area contributed by atoms with Gasteiger partial charge < -0.3 is 9.84 Å². The molecule has 2 heteroatoms. The Balaban J connectivity index is 0.000000396. The van der Waals surface area contributed by atoms with Gasteiger partial charge in [-0.3, -0.25) is 0 Å². The van der Waals surface area contributed by atoms with Crippen molar-refractivity contribution in [1.82, 2.24) is 0 Å². The number of rotatable bonds is 0. The summed E-state index contributed by atoms with van der Waals surface area (Å²) in [6.07, 6.45) is 1.66. The molecule has 0 atom stereocenters. The van der Waals surface area contributed by atoms with Crippen molar-refractivity contribution in [2.24, 2.45) is 0 Å². The molecule has 0 amide bonds. The molecule has 0 aliphatic carbocycles. The van der Waals surface area contributed by atoms with Crippen molar-refractivity contribution >= 4 is 5.76 Å². The lowest BCUT2D eigenvalue weighted by Crippen LogP contribution is -2.03. The summed E-state index contributed by atoms with van der Waals surface area (Å²) in [5, 5.41) is 9.34. The van der Waals surface area contributed by atoms with Gasteiger partial charge in [-0.1, -0.05) is 26.0 Å². The van der Waals surface area contributed by atoms with Crippen molar-refractivity contribution < 1.29 is 9.84 Å². The molecular formula is C11H14O2. The molecule has 1 aliphatic heterocycles. The van der Waals surface area contributed by atoms with Crippen LogP contribution in [0.25, 0.3) is 5.76 Å². The highest BCUT2D eigenvalue weighted by Gasteiger charge is 2.10. The van der Waals surface area contributed by atoms with Crippen molar-refractivity contribution in [3.8, 4) is 5.75 Å². The van der Waals surface area contributed by atoms with Crippen LogP contribution in [0.4, 0.5) is 0 Å². The van der Waals surface area contributed by atoms with E-state index >= 15 is 0 Å². The molecule has 2 nitrogen and oxygen atoms in total. The fraction of sp³-hybridized carbons (Fsp3) is 0.273. The highest BCUT2D eigenvalue weighted by molar-refractivity contribution is 5.66. The quantitative estimate of drug-likeness (QED) is 0.661. The SMILES string of the molecule is CC.OC1=CCOc2ccccc21. The lowest BCUT2D eigenvalue weighted by Gasteiger charge is -2.13. The molecule has 0 unspecified atom stereocenters. The Kier molecular flexibility index (Phi) is 3.38. The molecule has 0 bridgehead atoms.